The summed E-state index contributed by atoms with van der Waals surface area (Å²) in [6, 6.07) is 4.99. The number of Topliss-reactive ketones (excluding diaryl/α,β-unsaturated/α-hetero) is 1. The van der Waals surface area contributed by atoms with Crippen LogP contribution >= 0.6 is 11.8 Å². The summed E-state index contributed by atoms with van der Waals surface area (Å²) in [4.78, 5) is 23.6. The molecule has 1 amide bonds. The molecule has 2 heterocycles. The van der Waals surface area contributed by atoms with Gasteiger partial charge in [0.05, 0.1) is 11.4 Å². The minimum Gasteiger partial charge on any atom is -0.482 e. The van der Waals surface area contributed by atoms with Crippen LogP contribution in [0.4, 0.5) is 5.69 Å². The van der Waals surface area contributed by atoms with Crippen LogP contribution in [0.5, 0.6) is 5.75 Å². The van der Waals surface area contributed by atoms with Crippen molar-refractivity contribution in [3.05, 3.63) is 29.7 Å². The number of ether oxygens (including phenoxy) is 1. The molecule has 0 saturated heterocycles. The molecule has 1 aliphatic carbocycles. The molecule has 2 aromatic rings. The number of nitrogens with one attached hydrogen (secondary N) is 1. The number of carbonyl (C=O) groups is 2. The van der Waals surface area contributed by atoms with E-state index in [1.165, 1.54) is 11.8 Å². The molecule has 0 radical (unpaired) electrons. The lowest BCUT2D eigenvalue weighted by molar-refractivity contribution is -0.118. The second-order valence-electron chi connectivity index (χ2n) is 5.44. The van der Waals surface area contributed by atoms with Crippen LogP contribution in [0.3, 0.4) is 0 Å². The van der Waals surface area contributed by atoms with Gasteiger partial charge < -0.3 is 14.5 Å². The van der Waals surface area contributed by atoms with Gasteiger partial charge in [0.25, 0.3) is 11.1 Å². The Balaban J connectivity index is 1.42. The molecule has 1 saturated carbocycles. The quantitative estimate of drug-likeness (QED) is 0.663. The van der Waals surface area contributed by atoms with Crippen LogP contribution in [0.25, 0.3) is 0 Å². The third kappa shape index (κ3) is 3.07. The first-order valence-electron chi connectivity index (χ1n) is 7.25. The van der Waals surface area contributed by atoms with Crippen molar-refractivity contribution in [3.63, 3.8) is 0 Å². The van der Waals surface area contributed by atoms with Gasteiger partial charge >= 0.3 is 0 Å². The second kappa shape index (κ2) is 5.69. The molecule has 0 unspecified atom stereocenters. The highest BCUT2D eigenvalue weighted by atomic mass is 32.2. The number of anilines is 1. The molecule has 0 spiro atoms. The second-order valence-corrected chi connectivity index (χ2v) is 6.37. The number of thioether (sulfide) groups is 1. The molecule has 7 nitrogen and oxygen atoms in total. The summed E-state index contributed by atoms with van der Waals surface area (Å²) in [6.45, 7) is -0.00334. The van der Waals surface area contributed by atoms with Gasteiger partial charge in [0.2, 0.25) is 5.89 Å². The van der Waals surface area contributed by atoms with E-state index < -0.39 is 0 Å². The normalized spacial score (nSPS) is 16.4. The molecule has 2 aliphatic rings. The fourth-order valence-corrected chi connectivity index (χ4v) is 2.91. The summed E-state index contributed by atoms with van der Waals surface area (Å²) >= 11 is 1.22. The van der Waals surface area contributed by atoms with Gasteiger partial charge in [0.1, 0.15) is 5.75 Å². The molecule has 1 aliphatic heterocycles. The maximum absolute atomic E-state index is 12.3. The number of aromatic nitrogens is 2. The highest BCUT2D eigenvalue weighted by Gasteiger charge is 2.29. The van der Waals surface area contributed by atoms with E-state index in [2.05, 4.69) is 15.5 Å². The molecule has 4 rings (SSSR count). The number of nitrogens with zero attached hydrogens (tertiary/aromatic N) is 2. The molecule has 1 aromatic carbocycles. The van der Waals surface area contributed by atoms with Gasteiger partial charge in [-0.1, -0.05) is 11.8 Å². The maximum Gasteiger partial charge on any atom is 0.277 e. The minimum absolute atomic E-state index is 0.00334. The fourth-order valence-electron chi connectivity index (χ4n) is 2.24. The molecule has 1 aromatic heterocycles. The van der Waals surface area contributed by atoms with Crippen molar-refractivity contribution in [1.29, 1.82) is 0 Å². The van der Waals surface area contributed by atoms with Gasteiger partial charge in [-0.15, -0.1) is 10.2 Å². The Bertz CT molecular complexity index is 785. The van der Waals surface area contributed by atoms with E-state index in [0.717, 1.165) is 12.8 Å². The first kappa shape index (κ1) is 14.3. The molecule has 0 atom stereocenters. The van der Waals surface area contributed by atoms with Crippen molar-refractivity contribution < 1.29 is 18.7 Å². The number of rotatable bonds is 5. The van der Waals surface area contributed by atoms with Crippen LogP contribution < -0.4 is 10.1 Å². The lowest BCUT2D eigenvalue weighted by Gasteiger charge is -2.18. The lowest BCUT2D eigenvalue weighted by atomic mass is 10.1. The summed E-state index contributed by atoms with van der Waals surface area (Å²) in [5.41, 5.74) is 1.02. The fraction of sp³-hybridized carbons (Fsp3) is 0.333. The molecular formula is C15H13N3O4S. The Hall–Kier alpha value is -2.35. The van der Waals surface area contributed by atoms with Crippen LogP contribution in [-0.4, -0.2) is 34.2 Å². The first-order chi connectivity index (χ1) is 11.2. The van der Waals surface area contributed by atoms with Gasteiger partial charge in [-0.05, 0) is 31.0 Å². The van der Waals surface area contributed by atoms with Gasteiger partial charge in [-0.2, -0.15) is 0 Å². The van der Waals surface area contributed by atoms with E-state index in [1.807, 2.05) is 0 Å². The Kier molecular flexibility index (Phi) is 3.53. The Labute approximate surface area is 135 Å². The van der Waals surface area contributed by atoms with Crippen molar-refractivity contribution >= 4 is 29.1 Å². The van der Waals surface area contributed by atoms with E-state index in [4.69, 9.17) is 9.15 Å². The molecule has 1 N–H and O–H groups in total. The Morgan fingerprint density at radius 1 is 1.35 bits per heavy atom. The zero-order valence-corrected chi connectivity index (χ0v) is 12.9. The number of ketones is 1. The van der Waals surface area contributed by atoms with E-state index >= 15 is 0 Å². The van der Waals surface area contributed by atoms with Crippen molar-refractivity contribution in [1.82, 2.24) is 10.2 Å². The first-order valence-corrected chi connectivity index (χ1v) is 8.24. The summed E-state index contributed by atoms with van der Waals surface area (Å²) in [5.74, 6) is 1.52. The molecule has 118 valence electrons. The number of hydrogen-bond donors (Lipinski definition) is 1. The average molecular weight is 331 g/mol. The van der Waals surface area contributed by atoms with Crippen LogP contribution in [0.15, 0.2) is 27.8 Å². The topological polar surface area (TPSA) is 94.3 Å². The molecule has 0 bridgehead atoms. The number of fused-ring (bicyclic) bond motifs is 1. The van der Waals surface area contributed by atoms with E-state index in [0.29, 0.717) is 34.0 Å². The molecular weight excluding hydrogens is 318 g/mol. The van der Waals surface area contributed by atoms with Crippen molar-refractivity contribution in [2.24, 2.45) is 0 Å². The summed E-state index contributed by atoms with van der Waals surface area (Å²) in [5, 5.41) is 11.0. The molecule has 1 fully saturated rings. The third-order valence-corrected chi connectivity index (χ3v) is 4.43. The average Bonchev–Trinajstić information content (AvgIpc) is 3.30. The monoisotopic (exact) mass is 331 g/mol. The highest BCUT2D eigenvalue weighted by Crippen LogP contribution is 2.39. The van der Waals surface area contributed by atoms with Crippen LogP contribution in [-0.2, 0) is 4.79 Å². The SMILES string of the molecule is O=C1COc2ccc(C(=O)CSc3nnc(C4CC4)o3)cc2N1. The van der Waals surface area contributed by atoms with Crippen molar-refractivity contribution in [2.75, 3.05) is 17.7 Å². The van der Waals surface area contributed by atoms with Gasteiger partial charge in [0.15, 0.2) is 12.4 Å². The Morgan fingerprint density at radius 3 is 3.04 bits per heavy atom. The number of amides is 1. The van der Waals surface area contributed by atoms with Crippen LogP contribution in [0.1, 0.15) is 35.0 Å². The predicted molar refractivity (Wildman–Crippen MR) is 81.9 cm³/mol. The van der Waals surface area contributed by atoms with Crippen molar-refractivity contribution in [3.8, 4) is 5.75 Å². The zero-order valence-electron chi connectivity index (χ0n) is 12.1. The number of hydrogen-bond acceptors (Lipinski definition) is 7. The maximum atomic E-state index is 12.3. The Morgan fingerprint density at radius 2 is 2.22 bits per heavy atom. The third-order valence-electron chi connectivity index (χ3n) is 3.61. The van der Waals surface area contributed by atoms with Gasteiger partial charge in [-0.3, -0.25) is 9.59 Å². The van der Waals surface area contributed by atoms with E-state index in [9.17, 15) is 9.59 Å². The largest absolute Gasteiger partial charge is 0.482 e. The highest BCUT2D eigenvalue weighted by molar-refractivity contribution is 7.99. The van der Waals surface area contributed by atoms with Gasteiger partial charge in [-0.25, -0.2) is 0 Å². The number of carbonyl (C=O) groups excluding carboxylic acids is 2. The smallest absolute Gasteiger partial charge is 0.277 e. The van der Waals surface area contributed by atoms with Crippen LogP contribution in [0.2, 0.25) is 0 Å². The van der Waals surface area contributed by atoms with E-state index in [-0.39, 0.29) is 24.1 Å². The minimum atomic E-state index is -0.227. The standard InChI is InChI=1S/C15H13N3O4S/c19-11(7-23-15-18-17-14(22-15)8-1-2-8)9-3-4-12-10(5-9)16-13(20)6-21-12/h3-5,8H,1-2,6-7H2,(H,16,20). The number of benzene rings is 1. The van der Waals surface area contributed by atoms with Gasteiger partial charge in [0, 0.05) is 11.5 Å². The zero-order chi connectivity index (χ0) is 15.8. The lowest BCUT2D eigenvalue weighted by Crippen LogP contribution is -2.25. The van der Waals surface area contributed by atoms with E-state index in [1.54, 1.807) is 18.2 Å². The van der Waals surface area contributed by atoms with Crippen molar-refractivity contribution in [2.45, 2.75) is 24.0 Å². The molecule has 23 heavy (non-hydrogen) atoms. The summed E-state index contributed by atoms with van der Waals surface area (Å²) < 4.78 is 10.8. The molecule has 8 heteroatoms. The summed E-state index contributed by atoms with van der Waals surface area (Å²) in [6.07, 6.45) is 2.18. The van der Waals surface area contributed by atoms with Crippen LogP contribution in [0, 0.1) is 0 Å². The summed E-state index contributed by atoms with van der Waals surface area (Å²) in [7, 11) is 0. The predicted octanol–water partition coefficient (Wildman–Crippen LogP) is 2.25.